The van der Waals surface area contributed by atoms with Crippen molar-refractivity contribution in [3.63, 3.8) is 0 Å². The van der Waals surface area contributed by atoms with E-state index in [1.54, 1.807) is 6.20 Å². The van der Waals surface area contributed by atoms with Crippen LogP contribution in [0.2, 0.25) is 0 Å². The first kappa shape index (κ1) is 18.5. The summed E-state index contributed by atoms with van der Waals surface area (Å²) in [5.41, 5.74) is 7.53. The minimum Gasteiger partial charge on any atom is -0.351 e. The maximum absolute atomic E-state index is 11.4. The highest BCUT2D eigenvalue weighted by Crippen LogP contribution is 1.98. The minimum absolute atomic E-state index is 0. The molecule has 0 saturated heterocycles. The Kier molecular flexibility index (Phi) is 10.0. The summed E-state index contributed by atoms with van der Waals surface area (Å²) in [6.45, 7) is 4.30. The molecule has 0 fully saturated rings. The van der Waals surface area contributed by atoms with Crippen LogP contribution in [0.1, 0.15) is 24.6 Å². The van der Waals surface area contributed by atoms with Gasteiger partial charge in [0.15, 0.2) is 0 Å². The molecule has 1 aromatic rings. The smallest absolute Gasteiger partial charge is 0.237 e. The van der Waals surface area contributed by atoms with Gasteiger partial charge in [0.2, 0.25) is 5.91 Å². The minimum atomic E-state index is -0.414. The Labute approximate surface area is 114 Å². The Hall–Kier alpha value is -0.840. The van der Waals surface area contributed by atoms with E-state index in [-0.39, 0.29) is 30.7 Å². The third kappa shape index (κ3) is 6.46. The monoisotopic (exact) mass is 279 g/mol. The fourth-order valence-electron chi connectivity index (χ4n) is 1.11. The summed E-state index contributed by atoms with van der Waals surface area (Å²) in [7, 11) is 0. The lowest BCUT2D eigenvalue weighted by molar-refractivity contribution is -0.122. The van der Waals surface area contributed by atoms with Crippen LogP contribution in [-0.4, -0.2) is 16.9 Å². The van der Waals surface area contributed by atoms with Gasteiger partial charge in [-0.05, 0) is 25.0 Å². The van der Waals surface area contributed by atoms with Crippen molar-refractivity contribution in [3.05, 3.63) is 29.6 Å². The Morgan fingerprint density at radius 2 is 2.12 bits per heavy atom. The molecule has 0 bridgehead atoms. The van der Waals surface area contributed by atoms with Crippen molar-refractivity contribution in [2.75, 3.05) is 0 Å². The van der Waals surface area contributed by atoms with Gasteiger partial charge in [-0.2, -0.15) is 0 Å². The third-order valence-corrected chi connectivity index (χ3v) is 2.22. The predicted molar refractivity (Wildman–Crippen MR) is 73.6 cm³/mol. The van der Waals surface area contributed by atoms with E-state index in [0.29, 0.717) is 13.0 Å². The quantitative estimate of drug-likeness (QED) is 0.880. The zero-order valence-electron chi connectivity index (χ0n) is 9.97. The third-order valence-electron chi connectivity index (χ3n) is 2.22. The number of carbonyl (C=O) groups excluding carboxylic acids is 1. The summed E-state index contributed by atoms with van der Waals surface area (Å²) in [5, 5.41) is 2.77. The Balaban J connectivity index is 0. The van der Waals surface area contributed by atoms with Crippen LogP contribution < -0.4 is 11.1 Å². The topological polar surface area (TPSA) is 68.0 Å². The van der Waals surface area contributed by atoms with E-state index in [0.717, 1.165) is 11.3 Å². The van der Waals surface area contributed by atoms with Crippen molar-refractivity contribution >= 4 is 30.7 Å². The number of hydrogen-bond donors (Lipinski definition) is 2. The SMILES string of the molecule is CC[C@H](N)C(=O)NCc1ccc(C)nc1.Cl.Cl. The van der Waals surface area contributed by atoms with Crippen LogP contribution in [0.4, 0.5) is 0 Å². The molecule has 1 heterocycles. The first-order valence-corrected chi connectivity index (χ1v) is 5.08. The lowest BCUT2D eigenvalue weighted by atomic mass is 10.2. The van der Waals surface area contributed by atoms with Crippen LogP contribution in [0.15, 0.2) is 18.3 Å². The molecule has 1 atom stereocenters. The van der Waals surface area contributed by atoms with Gasteiger partial charge < -0.3 is 11.1 Å². The normalized spacial score (nSPS) is 10.8. The highest BCUT2D eigenvalue weighted by molar-refractivity contribution is 5.85. The Morgan fingerprint density at radius 1 is 1.47 bits per heavy atom. The summed E-state index contributed by atoms with van der Waals surface area (Å²) in [6.07, 6.45) is 2.41. The summed E-state index contributed by atoms with van der Waals surface area (Å²) >= 11 is 0. The molecule has 6 heteroatoms. The fraction of sp³-hybridized carbons (Fsp3) is 0.455. The molecule has 17 heavy (non-hydrogen) atoms. The van der Waals surface area contributed by atoms with Gasteiger partial charge >= 0.3 is 0 Å². The van der Waals surface area contributed by atoms with Gasteiger partial charge in [0.25, 0.3) is 0 Å². The van der Waals surface area contributed by atoms with Crippen LogP contribution in [0, 0.1) is 6.92 Å². The lowest BCUT2D eigenvalue weighted by Crippen LogP contribution is -2.39. The summed E-state index contributed by atoms with van der Waals surface area (Å²) in [6, 6.07) is 3.45. The predicted octanol–water partition coefficient (Wildman–Crippen LogP) is 1.59. The number of nitrogens with zero attached hydrogens (tertiary/aromatic N) is 1. The molecule has 4 nitrogen and oxygen atoms in total. The second-order valence-electron chi connectivity index (χ2n) is 3.54. The van der Waals surface area contributed by atoms with E-state index in [4.69, 9.17) is 5.73 Å². The maximum Gasteiger partial charge on any atom is 0.237 e. The Bertz CT molecular complexity index is 330. The number of rotatable bonds is 4. The molecule has 0 aliphatic rings. The van der Waals surface area contributed by atoms with Gasteiger partial charge in [0, 0.05) is 18.4 Å². The molecule has 0 aliphatic carbocycles. The van der Waals surface area contributed by atoms with Crippen molar-refractivity contribution < 1.29 is 4.79 Å². The van der Waals surface area contributed by atoms with E-state index in [1.165, 1.54) is 0 Å². The average molecular weight is 280 g/mol. The molecule has 0 radical (unpaired) electrons. The van der Waals surface area contributed by atoms with Crippen LogP contribution >= 0.6 is 24.8 Å². The van der Waals surface area contributed by atoms with Gasteiger partial charge in [-0.1, -0.05) is 13.0 Å². The zero-order chi connectivity index (χ0) is 11.3. The van der Waals surface area contributed by atoms with Gasteiger partial charge in [-0.3, -0.25) is 9.78 Å². The van der Waals surface area contributed by atoms with Crippen LogP contribution in [0.5, 0.6) is 0 Å². The average Bonchev–Trinajstić information content (AvgIpc) is 2.26. The highest BCUT2D eigenvalue weighted by atomic mass is 35.5. The van der Waals surface area contributed by atoms with E-state index >= 15 is 0 Å². The van der Waals surface area contributed by atoms with Crippen molar-refractivity contribution in [3.8, 4) is 0 Å². The van der Waals surface area contributed by atoms with E-state index in [1.807, 2.05) is 26.0 Å². The molecule has 0 saturated carbocycles. The molecule has 1 aromatic heterocycles. The first-order valence-electron chi connectivity index (χ1n) is 5.08. The molecular formula is C11H19Cl2N3O. The molecular weight excluding hydrogens is 261 g/mol. The molecule has 1 rings (SSSR count). The zero-order valence-corrected chi connectivity index (χ0v) is 11.6. The highest BCUT2D eigenvalue weighted by Gasteiger charge is 2.09. The van der Waals surface area contributed by atoms with Crippen molar-refractivity contribution in [2.24, 2.45) is 5.73 Å². The summed E-state index contributed by atoms with van der Waals surface area (Å²) < 4.78 is 0. The number of aromatic nitrogens is 1. The molecule has 0 spiro atoms. The first-order chi connectivity index (χ1) is 7.13. The molecule has 1 amide bonds. The van der Waals surface area contributed by atoms with Crippen molar-refractivity contribution in [1.29, 1.82) is 0 Å². The van der Waals surface area contributed by atoms with Gasteiger partial charge in [-0.25, -0.2) is 0 Å². The number of carbonyl (C=O) groups is 1. The molecule has 3 N–H and O–H groups in total. The molecule has 98 valence electrons. The summed E-state index contributed by atoms with van der Waals surface area (Å²) in [5.74, 6) is -0.113. The second kappa shape index (κ2) is 9.22. The van der Waals surface area contributed by atoms with E-state index in [9.17, 15) is 4.79 Å². The summed E-state index contributed by atoms with van der Waals surface area (Å²) in [4.78, 5) is 15.5. The standard InChI is InChI=1S/C11H17N3O.2ClH/c1-3-10(12)11(15)14-7-9-5-4-8(2)13-6-9;;/h4-6,10H,3,7,12H2,1-2H3,(H,14,15);2*1H/t10-;;/m0../s1. The van der Waals surface area contributed by atoms with Gasteiger partial charge in [0.1, 0.15) is 0 Å². The Morgan fingerprint density at radius 3 is 2.59 bits per heavy atom. The van der Waals surface area contributed by atoms with Gasteiger partial charge in [0.05, 0.1) is 6.04 Å². The lowest BCUT2D eigenvalue weighted by Gasteiger charge is -2.09. The van der Waals surface area contributed by atoms with E-state index < -0.39 is 6.04 Å². The largest absolute Gasteiger partial charge is 0.351 e. The van der Waals surface area contributed by atoms with Crippen LogP contribution in [-0.2, 0) is 11.3 Å². The second-order valence-corrected chi connectivity index (χ2v) is 3.54. The molecule has 0 aromatic carbocycles. The van der Waals surface area contributed by atoms with Crippen LogP contribution in [0.3, 0.4) is 0 Å². The van der Waals surface area contributed by atoms with Crippen molar-refractivity contribution in [2.45, 2.75) is 32.9 Å². The van der Waals surface area contributed by atoms with Crippen LogP contribution in [0.25, 0.3) is 0 Å². The number of nitrogens with two attached hydrogens (primary N) is 1. The number of hydrogen-bond acceptors (Lipinski definition) is 3. The number of aryl methyl sites for hydroxylation is 1. The number of halogens is 2. The van der Waals surface area contributed by atoms with Crippen molar-refractivity contribution in [1.82, 2.24) is 10.3 Å². The fourth-order valence-corrected chi connectivity index (χ4v) is 1.11. The number of amides is 1. The molecule has 0 unspecified atom stereocenters. The molecule has 0 aliphatic heterocycles. The maximum atomic E-state index is 11.4. The van der Waals surface area contributed by atoms with E-state index in [2.05, 4.69) is 10.3 Å². The van der Waals surface area contributed by atoms with Gasteiger partial charge in [-0.15, -0.1) is 24.8 Å². The number of pyridine rings is 1. The number of nitrogens with one attached hydrogen (secondary N) is 1.